The smallest absolute Gasteiger partial charge is 0.286 e. The van der Waals surface area contributed by atoms with Crippen molar-refractivity contribution in [1.29, 1.82) is 0 Å². The molecule has 0 saturated carbocycles. The molecule has 1 atom stereocenters. The van der Waals surface area contributed by atoms with Crippen molar-refractivity contribution in [3.63, 3.8) is 0 Å². The predicted molar refractivity (Wildman–Crippen MR) is 161 cm³/mol. The van der Waals surface area contributed by atoms with E-state index >= 15 is 0 Å². The highest BCUT2D eigenvalue weighted by Gasteiger charge is 2.33. The summed E-state index contributed by atoms with van der Waals surface area (Å²) < 4.78 is 35.1. The molecule has 4 aromatic carbocycles. The molecule has 0 bridgehead atoms. The second-order valence-electron chi connectivity index (χ2n) is 9.99. The number of amides is 3. The quantitative estimate of drug-likeness (QED) is 0.326. The summed E-state index contributed by atoms with van der Waals surface area (Å²) in [7, 11) is -4.08. The average molecular weight is 602 g/mol. The number of anilines is 1. The Balaban J connectivity index is 1.37. The number of ether oxygens (including phenoxy) is 1. The number of carbonyl (C=O) groups is 3. The molecule has 9 nitrogen and oxygen atoms in total. The number of benzene rings is 4. The Morgan fingerprint density at radius 3 is 2.36 bits per heavy atom. The zero-order valence-corrected chi connectivity index (χ0v) is 24.1. The lowest BCUT2D eigenvalue weighted by Crippen LogP contribution is -2.40. The Hall–Kier alpha value is -4.19. The number of rotatable bonds is 7. The summed E-state index contributed by atoms with van der Waals surface area (Å²) in [6.45, 7) is 1.83. The van der Waals surface area contributed by atoms with Crippen molar-refractivity contribution in [1.82, 2.24) is 10.2 Å². The summed E-state index contributed by atoms with van der Waals surface area (Å²) >= 11 is 0.912. The molecule has 11 heteroatoms. The maximum absolute atomic E-state index is 14.2. The number of imide groups is 1. The Morgan fingerprint density at radius 2 is 1.64 bits per heavy atom. The normalized spacial score (nSPS) is 17.3. The van der Waals surface area contributed by atoms with Crippen molar-refractivity contribution >= 4 is 55.3 Å². The molecule has 0 radical (unpaired) electrons. The van der Waals surface area contributed by atoms with Gasteiger partial charge in [0.1, 0.15) is 5.25 Å². The zero-order valence-electron chi connectivity index (χ0n) is 22.4. The molecule has 1 unspecified atom stereocenters. The van der Waals surface area contributed by atoms with Crippen molar-refractivity contribution in [3.8, 4) is 0 Å². The minimum atomic E-state index is -4.08. The molecule has 2 fully saturated rings. The lowest BCUT2D eigenvalue weighted by Gasteiger charge is -2.28. The number of thioether (sulfide) groups is 1. The third-order valence-corrected chi connectivity index (χ3v) is 10.1. The highest BCUT2D eigenvalue weighted by Crippen LogP contribution is 2.35. The Kier molecular flexibility index (Phi) is 7.72. The maximum atomic E-state index is 14.2. The third kappa shape index (κ3) is 5.63. The van der Waals surface area contributed by atoms with E-state index in [1.54, 1.807) is 71.6 Å². The molecular formula is C31H27N3O6S2. The van der Waals surface area contributed by atoms with Gasteiger partial charge in [0.15, 0.2) is 0 Å². The van der Waals surface area contributed by atoms with Crippen LogP contribution in [0.1, 0.15) is 26.7 Å². The molecule has 2 saturated heterocycles. The molecule has 42 heavy (non-hydrogen) atoms. The van der Waals surface area contributed by atoms with Gasteiger partial charge in [0.05, 0.1) is 30.3 Å². The lowest BCUT2D eigenvalue weighted by molar-refractivity contribution is -0.119. The fraction of sp³-hybridized carbons (Fsp3) is 0.194. The van der Waals surface area contributed by atoms with E-state index in [1.807, 2.05) is 24.3 Å². The first-order valence-electron chi connectivity index (χ1n) is 13.4. The minimum absolute atomic E-state index is 0.0203. The van der Waals surface area contributed by atoms with Gasteiger partial charge in [-0.25, -0.2) is 8.42 Å². The first kappa shape index (κ1) is 28.0. The molecule has 1 N–H and O–H groups in total. The van der Waals surface area contributed by atoms with Crippen LogP contribution < -0.4 is 9.62 Å². The topological polar surface area (TPSA) is 113 Å². The molecule has 6 rings (SSSR count). The molecule has 0 aromatic heterocycles. The van der Waals surface area contributed by atoms with E-state index < -0.39 is 20.5 Å². The summed E-state index contributed by atoms with van der Waals surface area (Å²) in [5.41, 5.74) is 2.05. The highest BCUT2D eigenvalue weighted by molar-refractivity contribution is 8.15. The van der Waals surface area contributed by atoms with Crippen molar-refractivity contribution < 1.29 is 27.5 Å². The molecule has 214 valence electrons. The van der Waals surface area contributed by atoms with Crippen LogP contribution in [0.2, 0.25) is 0 Å². The summed E-state index contributed by atoms with van der Waals surface area (Å²) in [6.07, 6.45) is 0. The van der Waals surface area contributed by atoms with Gasteiger partial charge < -0.3 is 9.64 Å². The van der Waals surface area contributed by atoms with E-state index in [0.29, 0.717) is 48.7 Å². The number of nitrogens with one attached hydrogen (secondary N) is 1. The standard InChI is InChI=1S/C31H27N3O6S2/c35-29-28(41-31(37)32-29)23-10-8-21(9-11-23)20-34(42(38,39)27-13-12-22-4-1-2-5-24(22)19-27)26-7-3-6-25(18-26)30(36)33-14-16-40-17-15-33/h1-13,18-19,28H,14-17,20H2,(H,32,35,37). The maximum Gasteiger partial charge on any atom is 0.286 e. The monoisotopic (exact) mass is 601 g/mol. The van der Waals surface area contributed by atoms with Crippen LogP contribution in [0.3, 0.4) is 0 Å². The van der Waals surface area contributed by atoms with Gasteiger partial charge in [0, 0.05) is 18.7 Å². The van der Waals surface area contributed by atoms with Crippen molar-refractivity contribution in [3.05, 3.63) is 108 Å². The van der Waals surface area contributed by atoms with Gasteiger partial charge in [0.2, 0.25) is 5.91 Å². The fourth-order valence-corrected chi connectivity index (χ4v) is 7.37. The Bertz CT molecular complexity index is 1790. The summed E-state index contributed by atoms with van der Waals surface area (Å²) in [4.78, 5) is 38.9. The number of morpholine rings is 1. The Morgan fingerprint density at radius 1 is 0.905 bits per heavy atom. The molecular weight excluding hydrogens is 574 g/mol. The molecule has 0 aliphatic carbocycles. The van der Waals surface area contributed by atoms with Gasteiger partial charge in [-0.15, -0.1) is 0 Å². The van der Waals surface area contributed by atoms with Crippen LogP contribution in [0.25, 0.3) is 10.8 Å². The van der Waals surface area contributed by atoms with Gasteiger partial charge in [-0.2, -0.15) is 0 Å². The first-order chi connectivity index (χ1) is 20.3. The van der Waals surface area contributed by atoms with E-state index in [0.717, 1.165) is 22.5 Å². The van der Waals surface area contributed by atoms with Crippen LogP contribution in [-0.4, -0.2) is 56.7 Å². The number of hydrogen-bond acceptors (Lipinski definition) is 7. The Labute approximate surface area is 247 Å². The largest absolute Gasteiger partial charge is 0.378 e. The van der Waals surface area contributed by atoms with E-state index in [4.69, 9.17) is 4.74 Å². The van der Waals surface area contributed by atoms with Crippen LogP contribution >= 0.6 is 11.8 Å². The van der Waals surface area contributed by atoms with Gasteiger partial charge in [-0.3, -0.25) is 24.0 Å². The third-order valence-electron chi connectivity index (χ3n) is 7.29. The van der Waals surface area contributed by atoms with E-state index in [2.05, 4.69) is 5.32 Å². The SMILES string of the molecule is O=C1NC(=O)C(c2ccc(CN(c3cccc(C(=O)N4CCOCC4)c3)S(=O)(=O)c3ccc4ccccc4c3)cc2)S1. The van der Waals surface area contributed by atoms with E-state index in [-0.39, 0.29) is 23.3 Å². The zero-order chi connectivity index (χ0) is 29.3. The lowest BCUT2D eigenvalue weighted by atomic mass is 10.1. The minimum Gasteiger partial charge on any atom is -0.378 e. The predicted octanol–water partition coefficient (Wildman–Crippen LogP) is 4.73. The number of fused-ring (bicyclic) bond motifs is 1. The number of hydrogen-bond donors (Lipinski definition) is 1. The van der Waals surface area contributed by atoms with E-state index in [1.165, 1.54) is 4.31 Å². The summed E-state index contributed by atoms with van der Waals surface area (Å²) in [5, 5.41) is 2.95. The molecule has 3 amide bonds. The fourth-order valence-electron chi connectivity index (χ4n) is 5.05. The molecule has 2 aliphatic heterocycles. The number of nitrogens with zero attached hydrogens (tertiary/aromatic N) is 2. The second kappa shape index (κ2) is 11.6. The first-order valence-corrected chi connectivity index (χ1v) is 15.7. The van der Waals surface area contributed by atoms with Crippen LogP contribution in [0.15, 0.2) is 95.9 Å². The van der Waals surface area contributed by atoms with Crippen molar-refractivity contribution in [2.24, 2.45) is 0 Å². The number of carbonyl (C=O) groups excluding carboxylic acids is 3. The molecule has 4 aromatic rings. The average Bonchev–Trinajstić information content (AvgIpc) is 3.37. The summed E-state index contributed by atoms with van der Waals surface area (Å²) in [5.74, 6) is -0.561. The van der Waals surface area contributed by atoms with E-state index in [9.17, 15) is 22.8 Å². The molecule has 2 aliphatic rings. The number of sulfonamides is 1. The van der Waals surface area contributed by atoms with Gasteiger partial charge in [-0.1, -0.05) is 60.7 Å². The highest BCUT2D eigenvalue weighted by atomic mass is 32.2. The van der Waals surface area contributed by atoms with Crippen molar-refractivity contribution in [2.45, 2.75) is 16.7 Å². The second-order valence-corrected chi connectivity index (χ2v) is 12.9. The van der Waals surface area contributed by atoms with Crippen LogP contribution in [0.4, 0.5) is 10.5 Å². The van der Waals surface area contributed by atoms with Crippen LogP contribution in [0.5, 0.6) is 0 Å². The van der Waals surface area contributed by atoms with Gasteiger partial charge in [0.25, 0.3) is 21.2 Å². The van der Waals surface area contributed by atoms with Gasteiger partial charge >= 0.3 is 0 Å². The van der Waals surface area contributed by atoms with Gasteiger partial charge in [-0.05, 0) is 64.0 Å². The van der Waals surface area contributed by atoms with Crippen LogP contribution in [-0.2, 0) is 26.1 Å². The summed E-state index contributed by atoms with van der Waals surface area (Å²) in [6, 6.07) is 26.1. The molecule has 2 heterocycles. The van der Waals surface area contributed by atoms with Crippen molar-refractivity contribution in [2.75, 3.05) is 30.6 Å². The van der Waals surface area contributed by atoms with Crippen LogP contribution in [0, 0.1) is 0 Å². The molecule has 0 spiro atoms.